The highest BCUT2D eigenvalue weighted by Gasteiger charge is 2.32. The average molecular weight is 216 g/mol. The van der Waals surface area contributed by atoms with E-state index in [1.165, 1.54) is 0 Å². The Labute approximate surface area is 90.6 Å². The molecule has 1 N–H and O–H groups in total. The third-order valence-electron chi connectivity index (χ3n) is 2.71. The zero-order chi connectivity index (χ0) is 10.6. The summed E-state index contributed by atoms with van der Waals surface area (Å²) in [7, 11) is 0. The summed E-state index contributed by atoms with van der Waals surface area (Å²) in [5.74, 6) is 1.38. The van der Waals surface area contributed by atoms with Gasteiger partial charge in [0.25, 0.3) is 0 Å². The maximum Gasteiger partial charge on any atom is 0.238 e. The molecular formula is C10H20N2OS. The Morgan fingerprint density at radius 2 is 2.43 bits per heavy atom. The highest BCUT2D eigenvalue weighted by molar-refractivity contribution is 7.98. The van der Waals surface area contributed by atoms with E-state index in [-0.39, 0.29) is 12.1 Å². The van der Waals surface area contributed by atoms with Crippen LogP contribution in [0.25, 0.3) is 0 Å². The number of rotatable bonds is 5. The molecule has 0 aliphatic carbocycles. The van der Waals surface area contributed by atoms with Crippen LogP contribution in [0.3, 0.4) is 0 Å². The van der Waals surface area contributed by atoms with E-state index < -0.39 is 0 Å². The van der Waals surface area contributed by atoms with Gasteiger partial charge in [0, 0.05) is 6.04 Å². The first-order valence-corrected chi connectivity index (χ1v) is 6.63. The van der Waals surface area contributed by atoms with Gasteiger partial charge in [0.05, 0.1) is 12.7 Å². The van der Waals surface area contributed by atoms with Gasteiger partial charge in [-0.05, 0) is 31.8 Å². The van der Waals surface area contributed by atoms with Crippen molar-refractivity contribution in [3.05, 3.63) is 0 Å². The first-order chi connectivity index (χ1) is 6.70. The second-order valence-corrected chi connectivity index (χ2v) is 4.72. The van der Waals surface area contributed by atoms with Crippen LogP contribution in [0, 0.1) is 0 Å². The van der Waals surface area contributed by atoms with Gasteiger partial charge >= 0.3 is 0 Å². The molecule has 0 saturated carbocycles. The Hall–Kier alpha value is -0.220. The minimum absolute atomic E-state index is 0.255. The number of hydrogen-bond acceptors (Lipinski definition) is 3. The van der Waals surface area contributed by atoms with Crippen molar-refractivity contribution < 1.29 is 4.79 Å². The molecule has 3 nitrogen and oxygen atoms in total. The highest BCUT2D eigenvalue weighted by atomic mass is 32.2. The molecule has 1 rings (SSSR count). The van der Waals surface area contributed by atoms with E-state index in [1.807, 2.05) is 16.7 Å². The minimum atomic E-state index is 0.255. The van der Waals surface area contributed by atoms with Crippen LogP contribution in [-0.4, -0.2) is 41.6 Å². The SMILES string of the molecule is CCC1NCC(=O)N1C(C)CCSC. The van der Waals surface area contributed by atoms with Gasteiger partial charge in [0.1, 0.15) is 0 Å². The van der Waals surface area contributed by atoms with Crippen molar-refractivity contribution in [1.82, 2.24) is 10.2 Å². The summed E-state index contributed by atoms with van der Waals surface area (Å²) in [6.45, 7) is 4.77. The van der Waals surface area contributed by atoms with Crippen LogP contribution in [0.1, 0.15) is 26.7 Å². The standard InChI is InChI=1S/C10H20N2OS/c1-4-9-11-7-10(13)12(9)8(2)5-6-14-3/h8-9,11H,4-7H2,1-3H3. The number of carbonyl (C=O) groups excluding carboxylic acids is 1. The van der Waals surface area contributed by atoms with Crippen LogP contribution in [0.2, 0.25) is 0 Å². The quantitative estimate of drug-likeness (QED) is 0.752. The molecule has 1 amide bonds. The second-order valence-electron chi connectivity index (χ2n) is 3.74. The lowest BCUT2D eigenvalue weighted by Gasteiger charge is -2.29. The van der Waals surface area contributed by atoms with E-state index in [0.717, 1.165) is 18.6 Å². The summed E-state index contributed by atoms with van der Waals surface area (Å²) in [5, 5.41) is 3.23. The van der Waals surface area contributed by atoms with Gasteiger partial charge in [0.15, 0.2) is 0 Å². The summed E-state index contributed by atoms with van der Waals surface area (Å²) in [4.78, 5) is 13.6. The smallest absolute Gasteiger partial charge is 0.238 e. The highest BCUT2D eigenvalue weighted by Crippen LogP contribution is 2.16. The van der Waals surface area contributed by atoms with Crippen LogP contribution in [-0.2, 0) is 4.79 Å². The molecule has 0 spiro atoms. The zero-order valence-electron chi connectivity index (χ0n) is 9.25. The van der Waals surface area contributed by atoms with Gasteiger partial charge in [-0.25, -0.2) is 0 Å². The average Bonchev–Trinajstić information content (AvgIpc) is 2.56. The molecule has 2 atom stereocenters. The summed E-state index contributed by atoms with van der Waals surface area (Å²) < 4.78 is 0. The molecule has 0 radical (unpaired) electrons. The van der Waals surface area contributed by atoms with Crippen LogP contribution in [0.4, 0.5) is 0 Å². The van der Waals surface area contributed by atoms with Crippen molar-refractivity contribution in [2.45, 2.75) is 38.9 Å². The number of amides is 1. The predicted octanol–water partition coefficient (Wildman–Crippen LogP) is 1.30. The topological polar surface area (TPSA) is 32.3 Å². The molecule has 4 heteroatoms. The summed E-state index contributed by atoms with van der Waals surface area (Å²) in [6.07, 6.45) is 4.45. The lowest BCUT2D eigenvalue weighted by Crippen LogP contribution is -2.43. The second kappa shape index (κ2) is 5.61. The minimum Gasteiger partial charge on any atom is -0.323 e. The fourth-order valence-corrected chi connectivity index (χ4v) is 2.47. The molecule has 2 unspecified atom stereocenters. The summed E-state index contributed by atoms with van der Waals surface area (Å²) in [5.41, 5.74) is 0. The molecule has 1 aliphatic heterocycles. The molecule has 1 fully saturated rings. The number of thioether (sulfide) groups is 1. The van der Waals surface area contributed by atoms with Crippen LogP contribution < -0.4 is 5.32 Å². The van der Waals surface area contributed by atoms with Crippen LogP contribution >= 0.6 is 11.8 Å². The van der Waals surface area contributed by atoms with Crippen molar-refractivity contribution in [3.63, 3.8) is 0 Å². The maximum atomic E-state index is 11.6. The van der Waals surface area contributed by atoms with Crippen molar-refractivity contribution in [2.24, 2.45) is 0 Å². The monoisotopic (exact) mass is 216 g/mol. The third kappa shape index (κ3) is 2.64. The molecule has 0 aromatic heterocycles. The lowest BCUT2D eigenvalue weighted by atomic mass is 10.2. The fourth-order valence-electron chi connectivity index (χ4n) is 1.89. The Morgan fingerprint density at radius 1 is 1.71 bits per heavy atom. The largest absolute Gasteiger partial charge is 0.323 e. The number of carbonyl (C=O) groups is 1. The zero-order valence-corrected chi connectivity index (χ0v) is 10.1. The van der Waals surface area contributed by atoms with Gasteiger partial charge in [-0.3, -0.25) is 10.1 Å². The molecule has 0 aromatic carbocycles. The molecule has 0 aromatic rings. The molecular weight excluding hydrogens is 196 g/mol. The van der Waals surface area contributed by atoms with E-state index in [9.17, 15) is 4.79 Å². The van der Waals surface area contributed by atoms with E-state index in [0.29, 0.717) is 12.6 Å². The van der Waals surface area contributed by atoms with E-state index in [1.54, 1.807) is 0 Å². The Bertz CT molecular complexity index is 199. The fraction of sp³-hybridized carbons (Fsp3) is 0.900. The van der Waals surface area contributed by atoms with Crippen molar-refractivity contribution in [2.75, 3.05) is 18.6 Å². The summed E-state index contributed by atoms with van der Waals surface area (Å²) >= 11 is 1.84. The maximum absolute atomic E-state index is 11.6. The Balaban J connectivity index is 2.50. The van der Waals surface area contributed by atoms with E-state index in [4.69, 9.17) is 0 Å². The first-order valence-electron chi connectivity index (χ1n) is 5.24. The van der Waals surface area contributed by atoms with Gasteiger partial charge in [0.2, 0.25) is 5.91 Å². The lowest BCUT2D eigenvalue weighted by molar-refractivity contribution is -0.130. The van der Waals surface area contributed by atoms with Crippen molar-refractivity contribution in [3.8, 4) is 0 Å². The molecule has 1 aliphatic rings. The van der Waals surface area contributed by atoms with Crippen LogP contribution in [0.15, 0.2) is 0 Å². The molecule has 0 bridgehead atoms. The van der Waals surface area contributed by atoms with E-state index in [2.05, 4.69) is 25.4 Å². The molecule has 1 saturated heterocycles. The Kier molecular flexibility index (Phi) is 4.75. The van der Waals surface area contributed by atoms with Crippen LogP contribution in [0.5, 0.6) is 0 Å². The van der Waals surface area contributed by atoms with Gasteiger partial charge in [-0.2, -0.15) is 11.8 Å². The van der Waals surface area contributed by atoms with Gasteiger partial charge in [-0.1, -0.05) is 6.92 Å². The van der Waals surface area contributed by atoms with Gasteiger partial charge < -0.3 is 4.90 Å². The van der Waals surface area contributed by atoms with Crippen molar-refractivity contribution >= 4 is 17.7 Å². The molecule has 1 heterocycles. The normalized spacial score (nSPS) is 24.4. The molecule has 82 valence electrons. The third-order valence-corrected chi connectivity index (χ3v) is 3.36. The Morgan fingerprint density at radius 3 is 3.00 bits per heavy atom. The number of hydrogen-bond donors (Lipinski definition) is 1. The number of nitrogens with one attached hydrogen (secondary N) is 1. The predicted molar refractivity (Wildman–Crippen MR) is 61.4 cm³/mol. The first kappa shape index (κ1) is 11.9. The molecule has 14 heavy (non-hydrogen) atoms. The van der Waals surface area contributed by atoms with Crippen molar-refractivity contribution in [1.29, 1.82) is 0 Å². The van der Waals surface area contributed by atoms with E-state index >= 15 is 0 Å². The van der Waals surface area contributed by atoms with Gasteiger partial charge in [-0.15, -0.1) is 0 Å². The number of nitrogens with zero attached hydrogens (tertiary/aromatic N) is 1. The summed E-state index contributed by atoms with van der Waals surface area (Å²) in [6, 6.07) is 0.370.